The summed E-state index contributed by atoms with van der Waals surface area (Å²) in [5.41, 5.74) is 3.73. The van der Waals surface area contributed by atoms with Crippen LogP contribution in [0.15, 0.2) is 48.5 Å². The van der Waals surface area contributed by atoms with Crippen LogP contribution < -0.4 is 10.1 Å². The number of amides is 1. The third kappa shape index (κ3) is 3.92. The van der Waals surface area contributed by atoms with Crippen LogP contribution in [0.1, 0.15) is 36.5 Å². The molecule has 0 spiro atoms. The largest absolute Gasteiger partial charge is 0.481 e. The fourth-order valence-corrected chi connectivity index (χ4v) is 3.03. The molecule has 0 heterocycles. The Bertz CT molecular complexity index is 667. The van der Waals surface area contributed by atoms with Crippen LogP contribution in [0.2, 0.25) is 0 Å². The van der Waals surface area contributed by atoms with Gasteiger partial charge in [-0.05, 0) is 55.4 Å². The predicted molar refractivity (Wildman–Crippen MR) is 91.5 cm³/mol. The monoisotopic (exact) mass is 309 g/mol. The molecule has 1 aliphatic carbocycles. The van der Waals surface area contributed by atoms with Gasteiger partial charge in [-0.25, -0.2) is 0 Å². The van der Waals surface area contributed by atoms with Gasteiger partial charge in [-0.1, -0.05) is 42.5 Å². The van der Waals surface area contributed by atoms with E-state index in [0.717, 1.165) is 24.2 Å². The molecular formula is C20H23NO2. The van der Waals surface area contributed by atoms with Gasteiger partial charge in [0.1, 0.15) is 5.75 Å². The Morgan fingerprint density at radius 3 is 2.70 bits per heavy atom. The standard InChI is InChI=1S/C20H23NO2/c1-15(20(22)21-14-16-8-3-2-4-9-16)23-19-13-7-11-17-10-5-6-12-18(17)19/h2-4,7-9,11,13,15H,5-6,10,12,14H2,1H3,(H,21,22)/t15-/m1/s1. The first-order chi connectivity index (χ1) is 11.2. The Balaban J connectivity index is 1.60. The van der Waals surface area contributed by atoms with E-state index in [9.17, 15) is 4.79 Å². The van der Waals surface area contributed by atoms with E-state index in [2.05, 4.69) is 11.4 Å². The molecule has 0 aromatic heterocycles. The third-order valence-electron chi connectivity index (χ3n) is 4.34. The van der Waals surface area contributed by atoms with Gasteiger partial charge in [-0.2, -0.15) is 0 Å². The molecule has 120 valence electrons. The molecule has 2 aromatic carbocycles. The van der Waals surface area contributed by atoms with Crippen molar-refractivity contribution in [3.8, 4) is 5.75 Å². The molecule has 3 nitrogen and oxygen atoms in total. The average Bonchev–Trinajstić information content (AvgIpc) is 2.61. The van der Waals surface area contributed by atoms with Crippen LogP contribution in [-0.2, 0) is 24.2 Å². The maximum Gasteiger partial charge on any atom is 0.261 e. The Hall–Kier alpha value is -2.29. The number of hydrogen-bond donors (Lipinski definition) is 1. The summed E-state index contributed by atoms with van der Waals surface area (Å²) in [5.74, 6) is 0.784. The Morgan fingerprint density at radius 2 is 1.87 bits per heavy atom. The Kier molecular flexibility index (Phi) is 4.96. The van der Waals surface area contributed by atoms with Crippen molar-refractivity contribution in [2.45, 2.75) is 45.3 Å². The molecule has 3 heteroatoms. The topological polar surface area (TPSA) is 38.3 Å². The van der Waals surface area contributed by atoms with Crippen molar-refractivity contribution in [1.29, 1.82) is 0 Å². The molecule has 1 N–H and O–H groups in total. The molecule has 0 aliphatic heterocycles. The van der Waals surface area contributed by atoms with Crippen molar-refractivity contribution in [2.75, 3.05) is 0 Å². The van der Waals surface area contributed by atoms with Crippen molar-refractivity contribution < 1.29 is 9.53 Å². The summed E-state index contributed by atoms with van der Waals surface area (Å²) in [4.78, 5) is 12.3. The van der Waals surface area contributed by atoms with Crippen LogP contribution in [0.25, 0.3) is 0 Å². The van der Waals surface area contributed by atoms with Gasteiger partial charge in [0, 0.05) is 6.54 Å². The van der Waals surface area contributed by atoms with Crippen molar-refractivity contribution in [2.24, 2.45) is 0 Å². The number of ether oxygens (including phenoxy) is 1. The van der Waals surface area contributed by atoms with E-state index in [1.165, 1.54) is 24.0 Å². The minimum absolute atomic E-state index is 0.0812. The average molecular weight is 309 g/mol. The molecule has 0 radical (unpaired) electrons. The van der Waals surface area contributed by atoms with Gasteiger partial charge in [0.05, 0.1) is 0 Å². The van der Waals surface area contributed by atoms with Gasteiger partial charge in [0.25, 0.3) is 5.91 Å². The second kappa shape index (κ2) is 7.32. The molecule has 0 unspecified atom stereocenters. The zero-order chi connectivity index (χ0) is 16.1. The third-order valence-corrected chi connectivity index (χ3v) is 4.34. The van der Waals surface area contributed by atoms with E-state index in [1.807, 2.05) is 49.4 Å². The van der Waals surface area contributed by atoms with Gasteiger partial charge in [0.15, 0.2) is 6.10 Å². The summed E-state index contributed by atoms with van der Waals surface area (Å²) in [6.45, 7) is 2.34. The highest BCUT2D eigenvalue weighted by Gasteiger charge is 2.19. The van der Waals surface area contributed by atoms with Crippen molar-refractivity contribution >= 4 is 5.91 Å². The van der Waals surface area contributed by atoms with Gasteiger partial charge in [-0.15, -0.1) is 0 Å². The van der Waals surface area contributed by atoms with Crippen LogP contribution in [0.3, 0.4) is 0 Å². The van der Waals surface area contributed by atoms with Crippen molar-refractivity contribution in [1.82, 2.24) is 5.32 Å². The zero-order valence-corrected chi connectivity index (χ0v) is 13.5. The van der Waals surface area contributed by atoms with Gasteiger partial charge >= 0.3 is 0 Å². The molecule has 23 heavy (non-hydrogen) atoms. The number of nitrogens with one attached hydrogen (secondary N) is 1. The van der Waals surface area contributed by atoms with Crippen LogP contribution in [-0.4, -0.2) is 12.0 Å². The van der Waals surface area contributed by atoms with E-state index < -0.39 is 6.10 Å². The van der Waals surface area contributed by atoms with E-state index in [-0.39, 0.29) is 5.91 Å². The van der Waals surface area contributed by atoms with Crippen LogP contribution in [0.5, 0.6) is 5.75 Å². The summed E-state index contributed by atoms with van der Waals surface area (Å²) in [7, 11) is 0. The molecule has 0 bridgehead atoms. The number of rotatable bonds is 5. The Labute approximate surface area is 137 Å². The highest BCUT2D eigenvalue weighted by atomic mass is 16.5. The fourth-order valence-electron chi connectivity index (χ4n) is 3.03. The lowest BCUT2D eigenvalue weighted by molar-refractivity contribution is -0.127. The molecule has 2 aromatic rings. The lowest BCUT2D eigenvalue weighted by Gasteiger charge is -2.22. The second-order valence-electron chi connectivity index (χ2n) is 6.06. The number of hydrogen-bond acceptors (Lipinski definition) is 2. The van der Waals surface area contributed by atoms with Gasteiger partial charge in [0.2, 0.25) is 0 Å². The van der Waals surface area contributed by atoms with Crippen LogP contribution in [0.4, 0.5) is 0 Å². The van der Waals surface area contributed by atoms with E-state index in [1.54, 1.807) is 0 Å². The van der Waals surface area contributed by atoms with Crippen LogP contribution in [0, 0.1) is 0 Å². The van der Waals surface area contributed by atoms with E-state index in [0.29, 0.717) is 6.54 Å². The number of fused-ring (bicyclic) bond motifs is 1. The summed E-state index contributed by atoms with van der Waals surface area (Å²) < 4.78 is 5.95. The van der Waals surface area contributed by atoms with Crippen LogP contribution >= 0.6 is 0 Å². The maximum absolute atomic E-state index is 12.3. The number of carbonyl (C=O) groups is 1. The first kappa shape index (κ1) is 15.6. The highest BCUT2D eigenvalue weighted by Crippen LogP contribution is 2.30. The lowest BCUT2D eigenvalue weighted by Crippen LogP contribution is -2.36. The molecule has 3 rings (SSSR count). The molecule has 0 fully saturated rings. The van der Waals surface area contributed by atoms with Gasteiger partial charge in [-0.3, -0.25) is 4.79 Å². The number of carbonyl (C=O) groups excluding carboxylic acids is 1. The lowest BCUT2D eigenvalue weighted by atomic mass is 9.91. The van der Waals surface area contributed by atoms with E-state index >= 15 is 0 Å². The molecular weight excluding hydrogens is 286 g/mol. The predicted octanol–water partition coefficient (Wildman–Crippen LogP) is 3.65. The molecule has 0 saturated carbocycles. The molecule has 1 atom stereocenters. The zero-order valence-electron chi connectivity index (χ0n) is 13.5. The van der Waals surface area contributed by atoms with Crippen molar-refractivity contribution in [3.63, 3.8) is 0 Å². The Morgan fingerprint density at radius 1 is 1.09 bits per heavy atom. The van der Waals surface area contributed by atoms with Crippen molar-refractivity contribution in [3.05, 3.63) is 65.2 Å². The maximum atomic E-state index is 12.3. The summed E-state index contributed by atoms with van der Waals surface area (Å²) in [6.07, 6.45) is 4.10. The quantitative estimate of drug-likeness (QED) is 0.915. The highest BCUT2D eigenvalue weighted by molar-refractivity contribution is 5.80. The molecule has 1 aliphatic rings. The number of benzene rings is 2. The molecule has 1 amide bonds. The fraction of sp³-hybridized carbons (Fsp3) is 0.350. The second-order valence-corrected chi connectivity index (χ2v) is 6.06. The normalized spacial score (nSPS) is 14.7. The molecule has 0 saturated heterocycles. The minimum Gasteiger partial charge on any atom is -0.481 e. The summed E-state index contributed by atoms with van der Waals surface area (Å²) >= 11 is 0. The smallest absolute Gasteiger partial charge is 0.261 e. The minimum atomic E-state index is -0.493. The van der Waals surface area contributed by atoms with Gasteiger partial charge < -0.3 is 10.1 Å². The first-order valence-corrected chi connectivity index (χ1v) is 8.33. The first-order valence-electron chi connectivity index (χ1n) is 8.33. The van der Waals surface area contributed by atoms with E-state index in [4.69, 9.17) is 4.74 Å². The number of aryl methyl sites for hydroxylation is 1. The summed E-state index contributed by atoms with van der Waals surface area (Å²) in [5, 5.41) is 2.94. The summed E-state index contributed by atoms with van der Waals surface area (Å²) in [6, 6.07) is 16.1. The SMILES string of the molecule is C[C@@H](Oc1cccc2c1CCCC2)C(=O)NCc1ccccc1.